The molecule has 0 saturated carbocycles. The maximum atomic E-state index is 11.3. The maximum Gasteiger partial charge on any atom is 0.328 e. The number of H-pyrrole nitrogens is 1. The SMILES string of the molecule is C=C(Cl)Cn1cc(CC)c(=O)[nH]c1=O. The fourth-order valence-corrected chi connectivity index (χ4v) is 1.24. The zero-order chi connectivity index (χ0) is 10.7. The Labute approximate surface area is 85.8 Å². The molecule has 1 aromatic heterocycles. The summed E-state index contributed by atoms with van der Waals surface area (Å²) in [6, 6.07) is 0. The van der Waals surface area contributed by atoms with E-state index in [2.05, 4.69) is 11.6 Å². The topological polar surface area (TPSA) is 54.9 Å². The summed E-state index contributed by atoms with van der Waals surface area (Å²) < 4.78 is 1.33. The van der Waals surface area contributed by atoms with Crippen molar-refractivity contribution in [1.82, 2.24) is 9.55 Å². The number of aromatic nitrogens is 2. The van der Waals surface area contributed by atoms with Gasteiger partial charge in [0.25, 0.3) is 5.56 Å². The van der Waals surface area contributed by atoms with Crippen molar-refractivity contribution in [3.8, 4) is 0 Å². The van der Waals surface area contributed by atoms with Crippen molar-refractivity contribution in [3.63, 3.8) is 0 Å². The van der Waals surface area contributed by atoms with Crippen LogP contribution in [0, 0.1) is 0 Å². The molecule has 0 spiro atoms. The van der Waals surface area contributed by atoms with E-state index in [9.17, 15) is 9.59 Å². The van der Waals surface area contributed by atoms with Gasteiger partial charge in [-0.05, 0) is 6.42 Å². The van der Waals surface area contributed by atoms with Gasteiger partial charge in [0.1, 0.15) is 0 Å². The van der Waals surface area contributed by atoms with Crippen LogP contribution in [0.4, 0.5) is 0 Å². The maximum absolute atomic E-state index is 11.3. The van der Waals surface area contributed by atoms with Gasteiger partial charge in [-0.2, -0.15) is 0 Å². The third-order valence-electron chi connectivity index (χ3n) is 1.81. The minimum absolute atomic E-state index is 0.212. The minimum atomic E-state index is -0.464. The number of rotatable bonds is 3. The summed E-state index contributed by atoms with van der Waals surface area (Å²) in [5.74, 6) is 0. The van der Waals surface area contributed by atoms with Crippen molar-refractivity contribution < 1.29 is 0 Å². The largest absolute Gasteiger partial charge is 0.328 e. The first-order chi connectivity index (χ1) is 6.54. The van der Waals surface area contributed by atoms with Crippen molar-refractivity contribution in [2.24, 2.45) is 0 Å². The van der Waals surface area contributed by atoms with E-state index in [0.717, 1.165) is 0 Å². The number of hydrogen-bond donors (Lipinski definition) is 1. The molecule has 14 heavy (non-hydrogen) atoms. The van der Waals surface area contributed by atoms with Crippen LogP contribution in [0.25, 0.3) is 0 Å². The van der Waals surface area contributed by atoms with Crippen LogP contribution < -0.4 is 11.2 Å². The van der Waals surface area contributed by atoms with Gasteiger partial charge < -0.3 is 0 Å². The first-order valence-electron chi connectivity index (χ1n) is 4.20. The molecule has 0 bridgehead atoms. The summed E-state index contributed by atoms with van der Waals surface area (Å²) in [5.41, 5.74) is -0.245. The van der Waals surface area contributed by atoms with Crippen LogP contribution in [0.2, 0.25) is 0 Å². The predicted molar refractivity (Wildman–Crippen MR) is 55.7 cm³/mol. The van der Waals surface area contributed by atoms with Gasteiger partial charge in [-0.3, -0.25) is 14.3 Å². The van der Waals surface area contributed by atoms with Crippen LogP contribution >= 0.6 is 11.6 Å². The average molecular weight is 215 g/mol. The Bertz CT molecular complexity index is 459. The molecule has 0 aromatic carbocycles. The zero-order valence-corrected chi connectivity index (χ0v) is 8.60. The molecular formula is C9H11ClN2O2. The van der Waals surface area contributed by atoms with Crippen LogP contribution in [0.3, 0.4) is 0 Å². The summed E-state index contributed by atoms with van der Waals surface area (Å²) in [4.78, 5) is 24.7. The lowest BCUT2D eigenvalue weighted by atomic mass is 10.3. The summed E-state index contributed by atoms with van der Waals surface area (Å²) in [6.45, 7) is 5.54. The summed E-state index contributed by atoms with van der Waals surface area (Å²) >= 11 is 5.57. The zero-order valence-electron chi connectivity index (χ0n) is 7.84. The molecule has 4 nitrogen and oxygen atoms in total. The Morgan fingerprint density at radius 2 is 2.29 bits per heavy atom. The Morgan fingerprint density at radius 3 is 2.79 bits per heavy atom. The van der Waals surface area contributed by atoms with Crippen LogP contribution in [0.15, 0.2) is 27.4 Å². The number of allylic oxidation sites excluding steroid dienone is 1. The molecule has 0 amide bonds. The van der Waals surface area contributed by atoms with Gasteiger partial charge in [-0.1, -0.05) is 25.1 Å². The predicted octanol–water partition coefficient (Wildman–Crippen LogP) is 0.852. The molecule has 0 unspecified atom stereocenters. The van der Waals surface area contributed by atoms with Crippen molar-refractivity contribution in [3.05, 3.63) is 44.2 Å². The lowest BCUT2D eigenvalue weighted by Crippen LogP contribution is -2.31. The number of aromatic amines is 1. The lowest BCUT2D eigenvalue weighted by molar-refractivity contribution is 0.716. The summed E-state index contributed by atoms with van der Waals surface area (Å²) in [6.07, 6.45) is 2.08. The van der Waals surface area contributed by atoms with E-state index in [-0.39, 0.29) is 12.1 Å². The molecule has 0 saturated heterocycles. The number of aryl methyl sites for hydroxylation is 1. The third kappa shape index (κ3) is 2.35. The monoisotopic (exact) mass is 214 g/mol. The Morgan fingerprint density at radius 1 is 1.64 bits per heavy atom. The number of halogens is 1. The van der Waals surface area contributed by atoms with E-state index in [1.54, 1.807) is 0 Å². The molecule has 1 heterocycles. The van der Waals surface area contributed by atoms with Gasteiger partial charge in [0.05, 0.1) is 6.54 Å². The van der Waals surface area contributed by atoms with E-state index in [4.69, 9.17) is 11.6 Å². The normalized spacial score (nSPS) is 10.1. The quantitative estimate of drug-likeness (QED) is 0.811. The molecular weight excluding hydrogens is 204 g/mol. The molecule has 0 aliphatic rings. The van der Waals surface area contributed by atoms with Gasteiger partial charge in [-0.25, -0.2) is 4.79 Å². The van der Waals surface area contributed by atoms with E-state index in [0.29, 0.717) is 17.0 Å². The van der Waals surface area contributed by atoms with Crippen LogP contribution in [0.5, 0.6) is 0 Å². The van der Waals surface area contributed by atoms with Gasteiger partial charge in [0.2, 0.25) is 0 Å². The Hall–Kier alpha value is -1.29. The van der Waals surface area contributed by atoms with E-state index >= 15 is 0 Å². The molecule has 76 valence electrons. The highest BCUT2D eigenvalue weighted by atomic mass is 35.5. The van der Waals surface area contributed by atoms with Gasteiger partial charge >= 0.3 is 5.69 Å². The first kappa shape index (κ1) is 10.8. The standard InChI is InChI=1S/C9H11ClN2O2/c1-3-7-5-12(4-6(2)10)9(14)11-8(7)13/h5H,2-4H2,1H3,(H,11,13,14). The molecule has 0 atom stereocenters. The van der Waals surface area contributed by atoms with Crippen LogP contribution in [-0.4, -0.2) is 9.55 Å². The van der Waals surface area contributed by atoms with E-state index in [1.165, 1.54) is 10.8 Å². The molecule has 0 radical (unpaired) electrons. The smallest absolute Gasteiger partial charge is 0.295 e. The second-order valence-corrected chi connectivity index (χ2v) is 3.45. The fourth-order valence-electron chi connectivity index (χ4n) is 1.11. The Kier molecular flexibility index (Phi) is 3.30. The highest BCUT2D eigenvalue weighted by Crippen LogP contribution is 1.99. The van der Waals surface area contributed by atoms with Gasteiger partial charge in [0, 0.05) is 16.8 Å². The molecule has 0 fully saturated rings. The van der Waals surface area contributed by atoms with Crippen LogP contribution in [-0.2, 0) is 13.0 Å². The van der Waals surface area contributed by atoms with Gasteiger partial charge in [0.15, 0.2) is 0 Å². The van der Waals surface area contributed by atoms with Crippen molar-refractivity contribution in [2.75, 3.05) is 0 Å². The second-order valence-electron chi connectivity index (χ2n) is 2.91. The minimum Gasteiger partial charge on any atom is -0.295 e. The van der Waals surface area contributed by atoms with Crippen molar-refractivity contribution in [1.29, 1.82) is 0 Å². The van der Waals surface area contributed by atoms with Crippen molar-refractivity contribution in [2.45, 2.75) is 19.9 Å². The van der Waals surface area contributed by atoms with Crippen LogP contribution in [0.1, 0.15) is 12.5 Å². The number of hydrogen-bond acceptors (Lipinski definition) is 2. The third-order valence-corrected chi connectivity index (χ3v) is 1.93. The lowest BCUT2D eigenvalue weighted by Gasteiger charge is -2.04. The van der Waals surface area contributed by atoms with Gasteiger partial charge in [-0.15, -0.1) is 0 Å². The average Bonchev–Trinajstić information content (AvgIpc) is 2.09. The van der Waals surface area contributed by atoms with E-state index in [1.807, 2.05) is 6.92 Å². The first-order valence-corrected chi connectivity index (χ1v) is 4.58. The second kappa shape index (κ2) is 4.28. The number of nitrogens with one attached hydrogen (secondary N) is 1. The molecule has 1 rings (SSSR count). The van der Waals surface area contributed by atoms with E-state index < -0.39 is 5.69 Å². The molecule has 1 aromatic rings. The molecule has 0 aliphatic heterocycles. The Balaban J connectivity index is 3.24. The highest BCUT2D eigenvalue weighted by molar-refractivity contribution is 6.29. The molecule has 5 heteroatoms. The fraction of sp³-hybridized carbons (Fsp3) is 0.333. The number of nitrogens with zero attached hydrogens (tertiary/aromatic N) is 1. The van der Waals surface area contributed by atoms with Crippen molar-refractivity contribution >= 4 is 11.6 Å². The molecule has 0 aliphatic carbocycles. The summed E-state index contributed by atoms with van der Waals surface area (Å²) in [5, 5.41) is 0.348. The highest BCUT2D eigenvalue weighted by Gasteiger charge is 2.02. The molecule has 1 N–H and O–H groups in total. The summed E-state index contributed by atoms with van der Waals surface area (Å²) in [7, 11) is 0.